The summed E-state index contributed by atoms with van der Waals surface area (Å²) in [6.45, 7) is 2.26. The Bertz CT molecular complexity index is 969. The minimum atomic E-state index is -2.01. The monoisotopic (exact) mass is 490 g/mol. The summed E-state index contributed by atoms with van der Waals surface area (Å²) in [7, 11) is 1.50. The number of benzene rings is 1. The molecule has 2 fully saturated rings. The fourth-order valence-corrected chi connectivity index (χ4v) is 5.42. The van der Waals surface area contributed by atoms with Crippen molar-refractivity contribution in [3.8, 4) is 5.75 Å². The highest BCUT2D eigenvalue weighted by atomic mass is 16.5. The van der Waals surface area contributed by atoms with E-state index < -0.39 is 35.3 Å². The maximum atomic E-state index is 13.8. The van der Waals surface area contributed by atoms with Gasteiger partial charge in [-0.2, -0.15) is 0 Å². The summed E-state index contributed by atoms with van der Waals surface area (Å²) in [6.07, 6.45) is 2.61. The highest BCUT2D eigenvalue weighted by Crippen LogP contribution is 2.40. The predicted molar refractivity (Wildman–Crippen MR) is 127 cm³/mol. The van der Waals surface area contributed by atoms with Gasteiger partial charge in [-0.3, -0.25) is 35.3 Å². The van der Waals surface area contributed by atoms with Crippen molar-refractivity contribution in [3.63, 3.8) is 0 Å². The van der Waals surface area contributed by atoms with Crippen molar-refractivity contribution in [2.45, 2.75) is 63.6 Å². The number of nitrogens with one attached hydrogen (secondary N) is 3. The second-order valence-electron chi connectivity index (χ2n) is 8.97. The first kappa shape index (κ1) is 26.4. The number of ketones is 2. The zero-order chi connectivity index (χ0) is 25.6. The molecule has 0 radical (unpaired) electrons. The Kier molecular flexibility index (Phi) is 8.68. The van der Waals surface area contributed by atoms with Crippen molar-refractivity contribution in [1.29, 1.82) is 0 Å². The fourth-order valence-electron chi connectivity index (χ4n) is 5.42. The molecule has 2 aliphatic rings. The molecule has 1 aliphatic carbocycles. The van der Waals surface area contributed by atoms with Crippen molar-refractivity contribution in [3.05, 3.63) is 23.3 Å². The number of hydrogen-bond acceptors (Lipinski definition) is 8. The van der Waals surface area contributed by atoms with Crippen LogP contribution in [0.2, 0.25) is 0 Å². The Hall–Kier alpha value is -3.18. The lowest BCUT2D eigenvalue weighted by molar-refractivity contribution is -0.143. The van der Waals surface area contributed by atoms with Gasteiger partial charge in [0.2, 0.25) is 6.41 Å². The van der Waals surface area contributed by atoms with Crippen molar-refractivity contribution in [2.24, 2.45) is 5.92 Å². The Morgan fingerprint density at radius 1 is 1.31 bits per heavy atom. The van der Waals surface area contributed by atoms with E-state index in [0.29, 0.717) is 24.3 Å². The molecule has 192 valence electrons. The molecule has 1 unspecified atom stereocenters. The summed E-state index contributed by atoms with van der Waals surface area (Å²) in [5.74, 6) is -1.37. The minimum absolute atomic E-state index is 0.0516. The Morgan fingerprint density at radius 2 is 2.09 bits per heavy atom. The normalized spacial score (nSPS) is 24.0. The van der Waals surface area contributed by atoms with Gasteiger partial charge in [-0.05, 0) is 36.5 Å². The second-order valence-corrected chi connectivity index (χ2v) is 8.97. The molecule has 2 amide bonds. The van der Waals surface area contributed by atoms with Crippen LogP contribution in [0.15, 0.2) is 12.1 Å². The van der Waals surface area contributed by atoms with Crippen LogP contribution >= 0.6 is 0 Å². The van der Waals surface area contributed by atoms with E-state index in [0.717, 1.165) is 41.7 Å². The topological polar surface area (TPSA) is 157 Å². The standard InChI is InChI=1S/C24H34N4O7/c1-3-4-5-6-7-17-15(8-9-18(27-34)20(17)35-2)12-16-13-19(30)24(21(16)31)22(26-14-29)25-10-11-28(24)23(32)33/h8-9,14,16,22,25,27,34H,3-7,10-13H2,1-2H3,(H,26,29)(H,32,33)/t16-,22?,24+/m1/s1. The first-order chi connectivity index (χ1) is 16.9. The molecule has 1 heterocycles. The van der Waals surface area contributed by atoms with Crippen LogP contribution in [0.1, 0.15) is 50.2 Å². The van der Waals surface area contributed by atoms with Gasteiger partial charge in [0.15, 0.2) is 17.1 Å². The molecule has 35 heavy (non-hydrogen) atoms. The first-order valence-electron chi connectivity index (χ1n) is 12.0. The van der Waals surface area contributed by atoms with E-state index in [-0.39, 0.29) is 25.9 Å². The van der Waals surface area contributed by atoms with Gasteiger partial charge in [-0.25, -0.2) is 4.79 Å². The lowest BCUT2D eigenvalue weighted by Gasteiger charge is -2.46. The molecule has 1 aliphatic heterocycles. The molecular formula is C24H34N4O7. The van der Waals surface area contributed by atoms with Crippen LogP contribution in [0.25, 0.3) is 0 Å². The van der Waals surface area contributed by atoms with Crippen LogP contribution < -0.4 is 20.9 Å². The van der Waals surface area contributed by atoms with E-state index in [4.69, 9.17) is 4.74 Å². The number of nitrogens with zero attached hydrogens (tertiary/aromatic N) is 1. The number of Topliss-reactive ketones (excluding diaryl/α,β-unsaturated/α-hetero) is 2. The molecule has 11 heteroatoms. The summed E-state index contributed by atoms with van der Waals surface area (Å²) in [6, 6.07) is 3.43. The van der Waals surface area contributed by atoms with Crippen LogP contribution in [-0.2, 0) is 27.2 Å². The summed E-state index contributed by atoms with van der Waals surface area (Å²) in [5, 5.41) is 24.7. The number of ether oxygens (including phenoxy) is 1. The summed E-state index contributed by atoms with van der Waals surface area (Å²) in [5.41, 5.74) is 2.17. The third kappa shape index (κ3) is 4.83. The van der Waals surface area contributed by atoms with Crippen molar-refractivity contribution in [2.75, 3.05) is 25.7 Å². The molecule has 1 aromatic rings. The molecule has 0 bridgehead atoms. The molecule has 1 saturated heterocycles. The Morgan fingerprint density at radius 3 is 2.71 bits per heavy atom. The molecule has 1 aromatic carbocycles. The van der Waals surface area contributed by atoms with Crippen LogP contribution in [0.5, 0.6) is 5.75 Å². The maximum absolute atomic E-state index is 13.8. The fraction of sp³-hybridized carbons (Fsp3) is 0.583. The van der Waals surface area contributed by atoms with E-state index in [2.05, 4.69) is 23.0 Å². The molecule has 3 rings (SSSR count). The second kappa shape index (κ2) is 11.5. The van der Waals surface area contributed by atoms with Gasteiger partial charge in [0.05, 0.1) is 7.11 Å². The Labute approximate surface area is 204 Å². The average Bonchev–Trinajstić information content (AvgIpc) is 3.08. The number of piperazine rings is 1. The SMILES string of the molecule is CCCCCCc1c(C[C@@H]2CC(=O)[C@]3(C2=O)C(NC=O)NCCN3C(=O)O)ccc(NO)c1OC. The lowest BCUT2D eigenvalue weighted by Crippen LogP contribution is -2.77. The summed E-state index contributed by atoms with van der Waals surface area (Å²) >= 11 is 0. The molecule has 5 N–H and O–H groups in total. The molecule has 1 spiro atoms. The largest absolute Gasteiger partial charge is 0.494 e. The number of carbonyl (C=O) groups excluding carboxylic acids is 3. The molecule has 1 saturated carbocycles. The first-order valence-corrected chi connectivity index (χ1v) is 12.0. The minimum Gasteiger partial charge on any atom is -0.494 e. The Balaban J connectivity index is 1.97. The van der Waals surface area contributed by atoms with Crippen molar-refractivity contribution in [1.82, 2.24) is 15.5 Å². The number of hydrogen-bond donors (Lipinski definition) is 5. The molecule has 3 atom stereocenters. The van der Waals surface area contributed by atoms with Gasteiger partial charge in [-0.15, -0.1) is 0 Å². The van der Waals surface area contributed by atoms with Crippen LogP contribution in [0, 0.1) is 5.92 Å². The zero-order valence-electron chi connectivity index (χ0n) is 20.1. The van der Waals surface area contributed by atoms with E-state index in [1.54, 1.807) is 12.1 Å². The zero-order valence-corrected chi connectivity index (χ0v) is 20.1. The van der Waals surface area contributed by atoms with Gasteiger partial charge in [0, 0.05) is 25.4 Å². The van der Waals surface area contributed by atoms with E-state index in [1.165, 1.54) is 7.11 Å². The van der Waals surface area contributed by atoms with Gasteiger partial charge in [-0.1, -0.05) is 32.3 Å². The third-order valence-electron chi connectivity index (χ3n) is 7.03. The lowest BCUT2D eigenvalue weighted by atomic mass is 9.84. The number of methoxy groups -OCH3 is 1. The van der Waals surface area contributed by atoms with Crippen molar-refractivity contribution >= 4 is 29.8 Å². The number of unbranched alkanes of at least 4 members (excludes halogenated alkanes) is 3. The molecular weight excluding hydrogens is 456 g/mol. The van der Waals surface area contributed by atoms with Crippen LogP contribution in [0.4, 0.5) is 10.5 Å². The molecule has 0 aromatic heterocycles. The highest BCUT2D eigenvalue weighted by Gasteiger charge is 2.65. The number of amides is 2. The highest BCUT2D eigenvalue weighted by molar-refractivity contribution is 6.20. The van der Waals surface area contributed by atoms with Crippen molar-refractivity contribution < 1.29 is 34.2 Å². The number of carbonyl (C=O) groups is 4. The quantitative estimate of drug-likeness (QED) is 0.135. The van der Waals surface area contributed by atoms with Crippen LogP contribution in [0.3, 0.4) is 0 Å². The number of rotatable bonds is 11. The van der Waals surface area contributed by atoms with E-state index in [9.17, 15) is 29.5 Å². The van der Waals surface area contributed by atoms with Crippen LogP contribution in [-0.4, -0.2) is 71.2 Å². The van der Waals surface area contributed by atoms with E-state index in [1.807, 2.05) is 0 Å². The summed E-state index contributed by atoms with van der Waals surface area (Å²) in [4.78, 5) is 51.2. The van der Waals surface area contributed by atoms with Gasteiger partial charge >= 0.3 is 6.09 Å². The van der Waals surface area contributed by atoms with Gasteiger partial charge in [0.25, 0.3) is 0 Å². The summed E-state index contributed by atoms with van der Waals surface area (Å²) < 4.78 is 5.57. The number of anilines is 1. The predicted octanol–water partition coefficient (Wildman–Crippen LogP) is 1.71. The smallest absolute Gasteiger partial charge is 0.408 e. The van der Waals surface area contributed by atoms with Gasteiger partial charge in [0.1, 0.15) is 17.6 Å². The number of carboxylic acid groups (broad SMARTS) is 1. The molecule has 11 nitrogen and oxygen atoms in total. The van der Waals surface area contributed by atoms with E-state index >= 15 is 0 Å². The average molecular weight is 491 g/mol. The third-order valence-corrected chi connectivity index (χ3v) is 7.03. The maximum Gasteiger partial charge on any atom is 0.408 e. The van der Waals surface area contributed by atoms with Gasteiger partial charge < -0.3 is 15.2 Å².